The molecule has 1 unspecified atom stereocenters. The SMILES string of the molecule is CC(Nc1c(-c2ccc(N3CCCC3)cc2)nc2cnccn12)C(=O)N1CCN(c2ncc(C(F)(F)F)cc2Cl)CC1. The molecule has 1 N–H and O–H groups in total. The van der Waals surface area contributed by atoms with Gasteiger partial charge in [-0.3, -0.25) is 14.2 Å². The van der Waals surface area contributed by atoms with Gasteiger partial charge in [0.2, 0.25) is 5.91 Å². The zero-order valence-electron chi connectivity index (χ0n) is 23.0. The first-order valence-corrected chi connectivity index (χ1v) is 14.3. The Morgan fingerprint density at radius 1 is 1.00 bits per heavy atom. The summed E-state index contributed by atoms with van der Waals surface area (Å²) in [4.78, 5) is 32.4. The Balaban J connectivity index is 1.16. The molecule has 4 aromatic rings. The first kappa shape index (κ1) is 28.1. The smallest absolute Gasteiger partial charge is 0.372 e. The number of alkyl halides is 3. The first-order chi connectivity index (χ1) is 20.2. The number of hydrogen-bond donors (Lipinski definition) is 1. The molecule has 13 heteroatoms. The topological polar surface area (TPSA) is 81.9 Å². The van der Waals surface area contributed by atoms with Crippen LogP contribution in [-0.2, 0) is 11.0 Å². The van der Waals surface area contributed by atoms with Crippen LogP contribution < -0.4 is 15.1 Å². The summed E-state index contributed by atoms with van der Waals surface area (Å²) in [7, 11) is 0. The molecule has 0 bridgehead atoms. The van der Waals surface area contributed by atoms with Gasteiger partial charge in [-0.2, -0.15) is 13.2 Å². The van der Waals surface area contributed by atoms with Gasteiger partial charge in [0, 0.05) is 69.1 Å². The third-order valence-electron chi connectivity index (χ3n) is 7.81. The second-order valence-electron chi connectivity index (χ2n) is 10.6. The molecule has 2 aliphatic heterocycles. The quantitative estimate of drug-likeness (QED) is 0.326. The Kier molecular flexibility index (Phi) is 7.56. The summed E-state index contributed by atoms with van der Waals surface area (Å²) in [6.45, 7) is 5.49. The molecular weight excluding hydrogens is 569 g/mol. The van der Waals surface area contributed by atoms with E-state index in [2.05, 4.69) is 44.5 Å². The maximum atomic E-state index is 13.5. The third kappa shape index (κ3) is 5.55. The highest BCUT2D eigenvalue weighted by Crippen LogP contribution is 2.34. The number of fused-ring (bicyclic) bond motifs is 1. The van der Waals surface area contributed by atoms with Crippen molar-refractivity contribution >= 4 is 40.5 Å². The van der Waals surface area contributed by atoms with Gasteiger partial charge >= 0.3 is 6.18 Å². The molecule has 2 saturated heterocycles. The van der Waals surface area contributed by atoms with Crippen LogP contribution in [0.2, 0.25) is 5.02 Å². The Hall–Kier alpha value is -4.06. The van der Waals surface area contributed by atoms with E-state index in [1.807, 2.05) is 17.5 Å². The van der Waals surface area contributed by atoms with Gasteiger partial charge in [-0.05, 0) is 38.0 Å². The highest BCUT2D eigenvalue weighted by Gasteiger charge is 2.33. The van der Waals surface area contributed by atoms with Crippen LogP contribution in [-0.4, -0.2) is 75.5 Å². The molecule has 0 radical (unpaired) electrons. The van der Waals surface area contributed by atoms with Crippen molar-refractivity contribution in [2.45, 2.75) is 32.0 Å². The Morgan fingerprint density at radius 3 is 2.38 bits per heavy atom. The Labute approximate surface area is 245 Å². The summed E-state index contributed by atoms with van der Waals surface area (Å²) in [5, 5.41) is 3.32. The molecule has 0 spiro atoms. The predicted octanol–water partition coefficient (Wildman–Crippen LogP) is 5.21. The number of imidazole rings is 1. The minimum absolute atomic E-state index is 0.0669. The van der Waals surface area contributed by atoms with Crippen molar-refractivity contribution in [3.8, 4) is 11.3 Å². The molecule has 1 aromatic carbocycles. The average Bonchev–Trinajstić information content (AvgIpc) is 3.66. The first-order valence-electron chi connectivity index (χ1n) is 13.9. The van der Waals surface area contributed by atoms with Gasteiger partial charge in [-0.1, -0.05) is 23.7 Å². The number of halogens is 4. The number of carbonyl (C=O) groups excluding carboxylic acids is 1. The summed E-state index contributed by atoms with van der Waals surface area (Å²) in [6, 6.07) is 8.65. The van der Waals surface area contributed by atoms with Gasteiger partial charge in [0.05, 0.1) is 16.8 Å². The second-order valence-corrected chi connectivity index (χ2v) is 11.0. The van der Waals surface area contributed by atoms with Crippen LogP contribution in [0.3, 0.4) is 0 Å². The van der Waals surface area contributed by atoms with E-state index in [9.17, 15) is 18.0 Å². The zero-order chi connectivity index (χ0) is 29.4. The number of rotatable bonds is 6. The summed E-state index contributed by atoms with van der Waals surface area (Å²) in [5.74, 6) is 0.879. The Bertz CT molecular complexity index is 1580. The number of aromatic nitrogens is 4. The lowest BCUT2D eigenvalue weighted by Crippen LogP contribution is -2.52. The van der Waals surface area contributed by atoms with Crippen molar-refractivity contribution in [3.05, 3.63) is 65.7 Å². The van der Waals surface area contributed by atoms with Crippen molar-refractivity contribution in [1.82, 2.24) is 24.3 Å². The standard InChI is InChI=1S/C29H30ClF3N8O/c1-19(28(42)40-14-12-39(13-15-40)26-23(30)16-21(17-35-26)29(31,32)33)36-27-25(37-24-18-34-8-11-41(24)27)20-4-6-22(7-5-20)38-9-2-3-10-38/h4-8,11,16-19,36H,2-3,9-10,12-15H2,1H3. The maximum absolute atomic E-state index is 13.5. The van der Waals surface area contributed by atoms with Gasteiger partial charge < -0.3 is 20.0 Å². The molecule has 2 fully saturated rings. The number of nitrogens with one attached hydrogen (secondary N) is 1. The van der Waals surface area contributed by atoms with Crippen LogP contribution in [0.4, 0.5) is 30.5 Å². The molecule has 220 valence electrons. The van der Waals surface area contributed by atoms with E-state index in [1.165, 1.54) is 18.5 Å². The summed E-state index contributed by atoms with van der Waals surface area (Å²) in [5.41, 5.74) is 2.61. The average molecular weight is 599 g/mol. The van der Waals surface area contributed by atoms with Gasteiger partial charge in [0.15, 0.2) is 5.65 Å². The summed E-state index contributed by atoms with van der Waals surface area (Å²) in [6.07, 6.45) is 3.84. The van der Waals surface area contributed by atoms with Crippen molar-refractivity contribution in [1.29, 1.82) is 0 Å². The van der Waals surface area contributed by atoms with Crippen LogP contribution in [0, 0.1) is 0 Å². The number of amides is 1. The fourth-order valence-electron chi connectivity index (χ4n) is 5.55. The van der Waals surface area contributed by atoms with E-state index in [0.717, 1.165) is 36.6 Å². The van der Waals surface area contributed by atoms with Crippen LogP contribution in [0.5, 0.6) is 0 Å². The lowest BCUT2D eigenvalue weighted by atomic mass is 10.1. The van der Waals surface area contributed by atoms with Crippen molar-refractivity contribution < 1.29 is 18.0 Å². The molecule has 3 aromatic heterocycles. The van der Waals surface area contributed by atoms with Crippen LogP contribution in [0.15, 0.2) is 55.1 Å². The van der Waals surface area contributed by atoms with Crippen molar-refractivity contribution in [2.24, 2.45) is 0 Å². The lowest BCUT2D eigenvalue weighted by molar-refractivity contribution is -0.137. The number of benzene rings is 1. The Morgan fingerprint density at radius 2 is 1.71 bits per heavy atom. The molecule has 0 aliphatic carbocycles. The number of anilines is 3. The van der Waals surface area contributed by atoms with E-state index < -0.39 is 17.8 Å². The fraction of sp³-hybridized carbons (Fsp3) is 0.379. The predicted molar refractivity (Wildman–Crippen MR) is 156 cm³/mol. The van der Waals surface area contributed by atoms with Crippen LogP contribution in [0.1, 0.15) is 25.3 Å². The highest BCUT2D eigenvalue weighted by atomic mass is 35.5. The molecule has 0 saturated carbocycles. The van der Waals surface area contributed by atoms with E-state index in [4.69, 9.17) is 16.6 Å². The molecule has 1 atom stereocenters. The largest absolute Gasteiger partial charge is 0.417 e. The van der Waals surface area contributed by atoms with Crippen LogP contribution in [0.25, 0.3) is 16.9 Å². The minimum Gasteiger partial charge on any atom is -0.372 e. The fourth-order valence-corrected chi connectivity index (χ4v) is 5.84. The summed E-state index contributed by atoms with van der Waals surface area (Å²) >= 11 is 6.14. The zero-order valence-corrected chi connectivity index (χ0v) is 23.7. The lowest BCUT2D eigenvalue weighted by Gasteiger charge is -2.37. The second kappa shape index (κ2) is 11.3. The van der Waals surface area contributed by atoms with Gasteiger partial charge in [-0.25, -0.2) is 9.97 Å². The minimum atomic E-state index is -4.52. The van der Waals surface area contributed by atoms with Gasteiger partial charge in [-0.15, -0.1) is 0 Å². The van der Waals surface area contributed by atoms with E-state index in [-0.39, 0.29) is 16.7 Å². The number of hydrogen-bond acceptors (Lipinski definition) is 7. The third-order valence-corrected chi connectivity index (χ3v) is 8.08. The maximum Gasteiger partial charge on any atom is 0.417 e. The molecule has 6 rings (SSSR count). The van der Waals surface area contributed by atoms with Crippen molar-refractivity contribution in [2.75, 3.05) is 54.4 Å². The molecule has 42 heavy (non-hydrogen) atoms. The molecule has 2 aliphatic rings. The van der Waals surface area contributed by atoms with E-state index in [1.54, 1.807) is 22.2 Å². The number of carbonyl (C=O) groups is 1. The number of piperazine rings is 1. The van der Waals surface area contributed by atoms with Gasteiger partial charge in [0.1, 0.15) is 23.4 Å². The molecule has 9 nitrogen and oxygen atoms in total. The van der Waals surface area contributed by atoms with E-state index >= 15 is 0 Å². The van der Waals surface area contributed by atoms with E-state index in [0.29, 0.717) is 37.6 Å². The normalized spacial score (nSPS) is 16.7. The molecule has 5 heterocycles. The van der Waals surface area contributed by atoms with Gasteiger partial charge in [0.25, 0.3) is 0 Å². The number of nitrogens with zero attached hydrogens (tertiary/aromatic N) is 7. The number of pyridine rings is 1. The van der Waals surface area contributed by atoms with Crippen molar-refractivity contribution in [3.63, 3.8) is 0 Å². The monoisotopic (exact) mass is 598 g/mol. The summed E-state index contributed by atoms with van der Waals surface area (Å²) < 4.78 is 40.9. The highest BCUT2D eigenvalue weighted by molar-refractivity contribution is 6.33. The van der Waals surface area contributed by atoms with Crippen LogP contribution >= 0.6 is 11.6 Å². The molecular formula is C29H30ClF3N8O. The molecule has 1 amide bonds.